The summed E-state index contributed by atoms with van der Waals surface area (Å²) in [7, 11) is 0. The van der Waals surface area contributed by atoms with Gasteiger partial charge in [-0.25, -0.2) is 0 Å². The third-order valence-corrected chi connectivity index (χ3v) is 3.78. The summed E-state index contributed by atoms with van der Waals surface area (Å²) in [5.74, 6) is 0. The molecule has 1 aliphatic carbocycles. The number of fused-ring (bicyclic) bond motifs is 1. The average Bonchev–Trinajstić information content (AvgIpc) is 2.42. The molecule has 3 rings (SSSR count). The summed E-state index contributed by atoms with van der Waals surface area (Å²) in [6.07, 6.45) is 7.28. The molecule has 0 aromatic heterocycles. The van der Waals surface area contributed by atoms with Gasteiger partial charge in [-0.1, -0.05) is 60.7 Å². The second kappa shape index (κ2) is 4.81. The molecule has 18 heavy (non-hydrogen) atoms. The zero-order valence-corrected chi connectivity index (χ0v) is 10.7. The van der Waals surface area contributed by atoms with Gasteiger partial charge in [-0.15, -0.1) is 0 Å². The molecule has 0 radical (unpaired) electrons. The highest BCUT2D eigenvalue weighted by Gasteiger charge is 2.09. The fraction of sp³-hybridized carbons (Fsp3) is 0.222. The lowest BCUT2D eigenvalue weighted by Crippen LogP contribution is -1.97. The van der Waals surface area contributed by atoms with E-state index in [0.29, 0.717) is 0 Å². The van der Waals surface area contributed by atoms with E-state index in [4.69, 9.17) is 0 Å². The van der Waals surface area contributed by atoms with Crippen LogP contribution in [0.15, 0.2) is 60.2 Å². The Bertz CT molecular complexity index is 611. The van der Waals surface area contributed by atoms with Gasteiger partial charge in [-0.2, -0.15) is 0 Å². The van der Waals surface area contributed by atoms with Crippen molar-refractivity contribution in [3.63, 3.8) is 0 Å². The Kier molecular flexibility index (Phi) is 3.02. The van der Waals surface area contributed by atoms with Crippen LogP contribution in [0.5, 0.6) is 0 Å². The molecular formula is C18H18. The molecule has 2 aromatic carbocycles. The van der Waals surface area contributed by atoms with Gasteiger partial charge < -0.3 is 0 Å². The smallest absolute Gasteiger partial charge is 0.0111 e. The molecule has 2 aromatic rings. The van der Waals surface area contributed by atoms with Crippen molar-refractivity contribution < 1.29 is 0 Å². The topological polar surface area (TPSA) is 0 Å². The lowest BCUT2D eigenvalue weighted by molar-refractivity contribution is 0.684. The maximum absolute atomic E-state index is 4.20. The molecule has 90 valence electrons. The van der Waals surface area contributed by atoms with E-state index < -0.39 is 0 Å². The first-order valence-electron chi connectivity index (χ1n) is 6.71. The van der Waals surface area contributed by atoms with E-state index in [1.54, 1.807) is 0 Å². The quantitative estimate of drug-likeness (QED) is 0.623. The van der Waals surface area contributed by atoms with Gasteiger partial charge in [0.05, 0.1) is 0 Å². The van der Waals surface area contributed by atoms with Crippen LogP contribution in [0.25, 0.3) is 16.8 Å². The molecule has 0 saturated heterocycles. The molecule has 1 fully saturated rings. The van der Waals surface area contributed by atoms with Gasteiger partial charge in [-0.05, 0) is 47.6 Å². The van der Waals surface area contributed by atoms with E-state index in [1.165, 1.54) is 46.7 Å². The van der Waals surface area contributed by atoms with E-state index in [-0.39, 0.29) is 0 Å². The summed E-state index contributed by atoms with van der Waals surface area (Å²) in [4.78, 5) is 0. The first kappa shape index (κ1) is 11.3. The summed E-state index contributed by atoms with van der Waals surface area (Å²) in [6, 6.07) is 15.1. The first-order valence-corrected chi connectivity index (χ1v) is 6.71. The van der Waals surface area contributed by atoms with Crippen LogP contribution in [-0.2, 0) is 0 Å². The van der Waals surface area contributed by atoms with Crippen LogP contribution in [0.1, 0.15) is 31.2 Å². The summed E-state index contributed by atoms with van der Waals surface area (Å²) in [5.41, 5.74) is 4.10. The molecule has 0 amide bonds. The van der Waals surface area contributed by atoms with Gasteiger partial charge in [0, 0.05) is 0 Å². The maximum atomic E-state index is 4.20. The van der Waals surface area contributed by atoms with Gasteiger partial charge in [-0.3, -0.25) is 0 Å². The van der Waals surface area contributed by atoms with Crippen molar-refractivity contribution in [3.05, 3.63) is 65.8 Å². The zero-order chi connectivity index (χ0) is 12.4. The number of rotatable bonds is 1. The Morgan fingerprint density at radius 2 is 1.67 bits per heavy atom. The highest BCUT2D eigenvalue weighted by molar-refractivity contribution is 5.91. The molecule has 1 saturated carbocycles. The highest BCUT2D eigenvalue weighted by Crippen LogP contribution is 2.30. The molecule has 0 spiro atoms. The van der Waals surface area contributed by atoms with E-state index in [1.807, 2.05) is 0 Å². The minimum absolute atomic E-state index is 1.16. The van der Waals surface area contributed by atoms with Gasteiger partial charge in [0.25, 0.3) is 0 Å². The lowest BCUT2D eigenvalue weighted by Gasteiger charge is -2.17. The predicted molar refractivity (Wildman–Crippen MR) is 79.5 cm³/mol. The second-order valence-electron chi connectivity index (χ2n) is 5.05. The molecule has 0 nitrogen and oxygen atoms in total. The average molecular weight is 234 g/mol. The number of hydrogen-bond donors (Lipinski definition) is 0. The minimum Gasteiger partial charge on any atom is -0.0956 e. The molecule has 0 unspecified atom stereocenters. The second-order valence-corrected chi connectivity index (χ2v) is 5.05. The van der Waals surface area contributed by atoms with Crippen molar-refractivity contribution in [2.75, 3.05) is 0 Å². The normalized spacial score (nSPS) is 18.4. The third-order valence-electron chi connectivity index (χ3n) is 3.78. The Hall–Kier alpha value is -1.82. The van der Waals surface area contributed by atoms with Crippen molar-refractivity contribution in [1.82, 2.24) is 0 Å². The monoisotopic (exact) mass is 234 g/mol. The zero-order valence-electron chi connectivity index (χ0n) is 10.7. The van der Waals surface area contributed by atoms with Crippen molar-refractivity contribution in [2.24, 2.45) is 0 Å². The Labute approximate surface area is 109 Å². The summed E-state index contributed by atoms with van der Waals surface area (Å²) in [5, 5.41) is 2.65. The van der Waals surface area contributed by atoms with Crippen LogP contribution in [0.2, 0.25) is 0 Å². The molecule has 0 atom stereocenters. The molecule has 0 heteroatoms. The molecular weight excluding hydrogens is 216 g/mol. The molecule has 0 N–H and O–H groups in total. The predicted octanol–water partition coefficient (Wildman–Crippen LogP) is 5.35. The number of allylic oxidation sites excluding steroid dienone is 2. The van der Waals surface area contributed by atoms with Gasteiger partial charge >= 0.3 is 0 Å². The first-order chi connectivity index (χ1) is 8.84. The van der Waals surface area contributed by atoms with E-state index >= 15 is 0 Å². The van der Waals surface area contributed by atoms with Crippen LogP contribution in [-0.4, -0.2) is 0 Å². The van der Waals surface area contributed by atoms with Crippen LogP contribution >= 0.6 is 0 Å². The fourth-order valence-corrected chi connectivity index (χ4v) is 2.73. The van der Waals surface area contributed by atoms with Crippen molar-refractivity contribution in [3.8, 4) is 0 Å². The Morgan fingerprint density at radius 1 is 0.889 bits per heavy atom. The third kappa shape index (κ3) is 2.11. The van der Waals surface area contributed by atoms with Gasteiger partial charge in [0.15, 0.2) is 0 Å². The van der Waals surface area contributed by atoms with Gasteiger partial charge in [0.1, 0.15) is 0 Å². The standard InChI is InChI=1S/C18H18/c1-14-7-2-3-9-16(14)13-17-11-6-10-15-8-4-5-12-18(15)17/h4-6,8,10-13H,1-3,7,9H2/b16-13-. The van der Waals surface area contributed by atoms with Crippen molar-refractivity contribution in [1.29, 1.82) is 0 Å². The van der Waals surface area contributed by atoms with E-state index in [0.717, 1.165) is 6.42 Å². The van der Waals surface area contributed by atoms with E-state index in [9.17, 15) is 0 Å². The summed E-state index contributed by atoms with van der Waals surface area (Å²) >= 11 is 0. The van der Waals surface area contributed by atoms with Gasteiger partial charge in [0.2, 0.25) is 0 Å². The molecule has 0 aliphatic heterocycles. The van der Waals surface area contributed by atoms with E-state index in [2.05, 4.69) is 55.1 Å². The molecule has 1 aliphatic rings. The van der Waals surface area contributed by atoms with Crippen LogP contribution < -0.4 is 0 Å². The minimum atomic E-state index is 1.16. The van der Waals surface area contributed by atoms with Crippen molar-refractivity contribution >= 4 is 16.8 Å². The van der Waals surface area contributed by atoms with Crippen LogP contribution in [0.3, 0.4) is 0 Å². The van der Waals surface area contributed by atoms with Crippen molar-refractivity contribution in [2.45, 2.75) is 25.7 Å². The number of benzene rings is 2. The summed E-state index contributed by atoms with van der Waals surface area (Å²) in [6.45, 7) is 4.20. The Morgan fingerprint density at radius 3 is 2.56 bits per heavy atom. The lowest BCUT2D eigenvalue weighted by atomic mass is 9.89. The SMILES string of the molecule is C=C1CCCC/C1=C/c1cccc2ccccc12. The Balaban J connectivity index is 2.09. The highest BCUT2D eigenvalue weighted by atomic mass is 14.1. The fourth-order valence-electron chi connectivity index (χ4n) is 2.73. The molecule has 0 heterocycles. The van der Waals surface area contributed by atoms with Crippen LogP contribution in [0.4, 0.5) is 0 Å². The maximum Gasteiger partial charge on any atom is -0.0111 e. The number of hydrogen-bond acceptors (Lipinski definition) is 0. The van der Waals surface area contributed by atoms with Crippen LogP contribution in [0, 0.1) is 0 Å². The largest absolute Gasteiger partial charge is 0.0956 e. The molecule has 0 bridgehead atoms. The summed E-state index contributed by atoms with van der Waals surface area (Å²) < 4.78 is 0.